The van der Waals surface area contributed by atoms with Crippen LogP contribution in [0.25, 0.3) is 0 Å². The van der Waals surface area contributed by atoms with E-state index in [1.165, 1.54) is 6.07 Å². The zero-order valence-electron chi connectivity index (χ0n) is 13.1. The summed E-state index contributed by atoms with van der Waals surface area (Å²) in [6.45, 7) is 0.569. The summed E-state index contributed by atoms with van der Waals surface area (Å²) in [7, 11) is 0. The van der Waals surface area contributed by atoms with E-state index < -0.39 is 11.7 Å². The first-order chi connectivity index (χ1) is 11.8. The Kier molecular flexibility index (Phi) is 5.29. The molecule has 3 rings (SSSR count). The third kappa shape index (κ3) is 4.30. The summed E-state index contributed by atoms with van der Waals surface area (Å²) in [4.78, 5) is 14.3. The second-order valence-electron chi connectivity index (χ2n) is 5.74. The summed E-state index contributed by atoms with van der Waals surface area (Å²) in [5.74, 6) is 0.597. The Balaban J connectivity index is 1.76. The Morgan fingerprint density at radius 3 is 2.68 bits per heavy atom. The average Bonchev–Trinajstić information content (AvgIpc) is 3.04. The number of alkyl halides is 3. The fraction of sp³-hybridized carbons (Fsp3) is 0.278. The topological polar surface area (TPSA) is 20.3 Å². The third-order valence-electron chi connectivity index (χ3n) is 3.95. The Morgan fingerprint density at radius 2 is 1.96 bits per heavy atom. The lowest BCUT2D eigenvalue weighted by molar-refractivity contribution is -0.138. The maximum Gasteiger partial charge on any atom is 0.416 e. The maximum absolute atomic E-state index is 12.8. The van der Waals surface area contributed by atoms with Gasteiger partial charge in [0.15, 0.2) is 0 Å². The summed E-state index contributed by atoms with van der Waals surface area (Å²) >= 11 is 7.65. The standard InChI is InChI=1S/C18H15ClF3NOS/c19-15-6-2-4-13(11-15)17-23(7-8-25-17)16(24)10-12-3-1-5-14(9-12)18(20,21)22/h1-6,9,11,17H,7-8,10H2. The number of carbonyl (C=O) groups is 1. The molecule has 2 aromatic carbocycles. The second-order valence-corrected chi connectivity index (χ2v) is 7.36. The highest BCUT2D eigenvalue weighted by atomic mass is 35.5. The Labute approximate surface area is 153 Å². The summed E-state index contributed by atoms with van der Waals surface area (Å²) in [6.07, 6.45) is -4.46. The van der Waals surface area contributed by atoms with Gasteiger partial charge in [-0.2, -0.15) is 13.2 Å². The number of hydrogen-bond donors (Lipinski definition) is 0. The van der Waals surface area contributed by atoms with E-state index in [-0.39, 0.29) is 17.7 Å². The molecule has 0 radical (unpaired) electrons. The average molecular weight is 386 g/mol. The Morgan fingerprint density at radius 1 is 1.20 bits per heavy atom. The van der Waals surface area contributed by atoms with Crippen LogP contribution in [-0.2, 0) is 17.4 Å². The van der Waals surface area contributed by atoms with Crippen LogP contribution in [0.4, 0.5) is 13.2 Å². The summed E-state index contributed by atoms with van der Waals surface area (Å²) in [5, 5.41) is 0.437. The van der Waals surface area contributed by atoms with Gasteiger partial charge >= 0.3 is 6.18 Å². The molecule has 2 aromatic rings. The van der Waals surface area contributed by atoms with Crippen molar-refractivity contribution < 1.29 is 18.0 Å². The van der Waals surface area contributed by atoms with Crippen molar-refractivity contribution in [2.75, 3.05) is 12.3 Å². The van der Waals surface area contributed by atoms with Gasteiger partial charge in [-0.25, -0.2) is 0 Å². The molecule has 25 heavy (non-hydrogen) atoms. The van der Waals surface area contributed by atoms with Crippen LogP contribution < -0.4 is 0 Å². The Bertz CT molecular complexity index is 781. The largest absolute Gasteiger partial charge is 0.416 e. The molecule has 0 aromatic heterocycles. The van der Waals surface area contributed by atoms with Gasteiger partial charge in [0, 0.05) is 17.3 Å². The van der Waals surface area contributed by atoms with Crippen molar-refractivity contribution in [1.29, 1.82) is 0 Å². The minimum absolute atomic E-state index is 0.0540. The van der Waals surface area contributed by atoms with Gasteiger partial charge < -0.3 is 4.90 Å². The van der Waals surface area contributed by atoms with Crippen molar-refractivity contribution in [2.45, 2.75) is 18.0 Å². The Hall–Kier alpha value is -1.66. The second kappa shape index (κ2) is 7.30. The molecule has 7 heteroatoms. The highest BCUT2D eigenvalue weighted by Crippen LogP contribution is 2.39. The van der Waals surface area contributed by atoms with Gasteiger partial charge in [0.25, 0.3) is 0 Å². The number of nitrogens with zero attached hydrogens (tertiary/aromatic N) is 1. The monoisotopic (exact) mass is 385 g/mol. The van der Waals surface area contributed by atoms with Gasteiger partial charge in [-0.1, -0.05) is 41.9 Å². The fourth-order valence-electron chi connectivity index (χ4n) is 2.80. The summed E-state index contributed by atoms with van der Waals surface area (Å²) in [5.41, 5.74) is 0.550. The lowest BCUT2D eigenvalue weighted by atomic mass is 10.1. The van der Waals surface area contributed by atoms with E-state index in [1.54, 1.807) is 28.8 Å². The molecule has 2 nitrogen and oxygen atoms in total. The van der Waals surface area contributed by atoms with Crippen molar-refractivity contribution in [1.82, 2.24) is 4.90 Å². The molecule has 1 heterocycles. The smallest absolute Gasteiger partial charge is 0.325 e. The van der Waals surface area contributed by atoms with Crippen LogP contribution in [-0.4, -0.2) is 23.1 Å². The number of hydrogen-bond acceptors (Lipinski definition) is 2. The molecular weight excluding hydrogens is 371 g/mol. The first kappa shape index (κ1) is 18.1. The fourth-order valence-corrected chi connectivity index (χ4v) is 4.26. The van der Waals surface area contributed by atoms with E-state index in [0.717, 1.165) is 23.4 Å². The quantitative estimate of drug-likeness (QED) is 0.726. The van der Waals surface area contributed by atoms with E-state index in [1.807, 2.05) is 18.2 Å². The van der Waals surface area contributed by atoms with Gasteiger partial charge in [0.05, 0.1) is 12.0 Å². The van der Waals surface area contributed by atoms with E-state index in [4.69, 9.17) is 11.6 Å². The number of benzene rings is 2. The van der Waals surface area contributed by atoms with Crippen molar-refractivity contribution in [2.24, 2.45) is 0 Å². The highest BCUT2D eigenvalue weighted by Gasteiger charge is 2.32. The molecule has 1 saturated heterocycles. The first-order valence-electron chi connectivity index (χ1n) is 7.67. The van der Waals surface area contributed by atoms with Gasteiger partial charge in [-0.3, -0.25) is 4.79 Å². The van der Waals surface area contributed by atoms with Crippen molar-refractivity contribution in [3.8, 4) is 0 Å². The first-order valence-corrected chi connectivity index (χ1v) is 9.10. The van der Waals surface area contributed by atoms with Crippen LogP contribution in [0.15, 0.2) is 48.5 Å². The molecule has 0 aliphatic carbocycles. The van der Waals surface area contributed by atoms with Gasteiger partial charge in [-0.05, 0) is 29.3 Å². The zero-order chi connectivity index (χ0) is 18.0. The molecule has 0 N–H and O–H groups in total. The van der Waals surface area contributed by atoms with E-state index in [0.29, 0.717) is 17.1 Å². The summed E-state index contributed by atoms with van der Waals surface area (Å²) < 4.78 is 38.4. The van der Waals surface area contributed by atoms with Crippen LogP contribution in [0, 0.1) is 0 Å². The lowest BCUT2D eigenvalue weighted by Gasteiger charge is -2.24. The molecule has 1 aliphatic heterocycles. The maximum atomic E-state index is 12.8. The predicted octanol–water partition coefficient (Wildman–Crippen LogP) is 5.18. The molecule has 0 spiro atoms. The molecule has 1 unspecified atom stereocenters. The van der Waals surface area contributed by atoms with Gasteiger partial charge in [0.2, 0.25) is 5.91 Å². The number of rotatable bonds is 3. The molecule has 1 fully saturated rings. The van der Waals surface area contributed by atoms with Crippen LogP contribution in [0.2, 0.25) is 5.02 Å². The van der Waals surface area contributed by atoms with E-state index in [2.05, 4.69) is 0 Å². The molecule has 0 bridgehead atoms. The van der Waals surface area contributed by atoms with Crippen LogP contribution in [0.5, 0.6) is 0 Å². The van der Waals surface area contributed by atoms with Crippen molar-refractivity contribution >= 4 is 29.3 Å². The predicted molar refractivity (Wildman–Crippen MR) is 93.5 cm³/mol. The third-order valence-corrected chi connectivity index (χ3v) is 5.45. The number of carbonyl (C=O) groups excluding carboxylic acids is 1. The molecular formula is C18H15ClF3NOS. The minimum atomic E-state index is -4.41. The van der Waals surface area contributed by atoms with Gasteiger partial charge in [-0.15, -0.1) is 11.8 Å². The molecule has 1 aliphatic rings. The van der Waals surface area contributed by atoms with E-state index >= 15 is 0 Å². The van der Waals surface area contributed by atoms with Crippen LogP contribution in [0.3, 0.4) is 0 Å². The molecule has 1 amide bonds. The van der Waals surface area contributed by atoms with Crippen LogP contribution >= 0.6 is 23.4 Å². The van der Waals surface area contributed by atoms with Gasteiger partial charge in [0.1, 0.15) is 5.37 Å². The zero-order valence-corrected chi connectivity index (χ0v) is 14.7. The van der Waals surface area contributed by atoms with Crippen LogP contribution in [0.1, 0.15) is 22.1 Å². The minimum Gasteiger partial charge on any atom is -0.325 e. The molecule has 132 valence electrons. The van der Waals surface area contributed by atoms with Crippen molar-refractivity contribution in [3.63, 3.8) is 0 Å². The lowest BCUT2D eigenvalue weighted by Crippen LogP contribution is -2.31. The number of halogens is 4. The molecule has 0 saturated carbocycles. The number of thioether (sulfide) groups is 1. The SMILES string of the molecule is O=C(Cc1cccc(C(F)(F)F)c1)N1CCSC1c1cccc(Cl)c1. The normalized spacial score (nSPS) is 17.8. The van der Waals surface area contributed by atoms with E-state index in [9.17, 15) is 18.0 Å². The highest BCUT2D eigenvalue weighted by molar-refractivity contribution is 7.99. The summed E-state index contributed by atoms with van der Waals surface area (Å²) in [6, 6.07) is 12.2. The number of amides is 1. The molecule has 1 atom stereocenters. The van der Waals surface area contributed by atoms with Crippen molar-refractivity contribution in [3.05, 3.63) is 70.2 Å².